The zero-order valence-corrected chi connectivity index (χ0v) is 18.5. The van der Waals surface area contributed by atoms with E-state index in [1.807, 2.05) is 72.8 Å². The maximum Gasteiger partial charge on any atom is 0.407 e. The number of hydrogen-bond donors (Lipinski definition) is 3. The fraction of sp³-hybridized carbons (Fsp3) is 0.0714. The van der Waals surface area contributed by atoms with Crippen molar-refractivity contribution in [3.8, 4) is 11.1 Å². The molecule has 0 unspecified atom stereocenters. The number of anilines is 2. The van der Waals surface area contributed by atoms with E-state index < -0.39 is 6.09 Å². The number of carbonyl (C=O) groups excluding carboxylic acids is 1. The number of nitrogens with zero attached hydrogens (tertiary/aromatic N) is 1. The normalized spacial score (nSPS) is 10.5. The fourth-order valence-electron chi connectivity index (χ4n) is 3.65. The molecule has 6 nitrogen and oxygen atoms in total. The highest BCUT2D eigenvalue weighted by Gasteiger charge is 2.14. The second kappa shape index (κ2) is 10.4. The van der Waals surface area contributed by atoms with Gasteiger partial charge < -0.3 is 16.2 Å². The molecular weight excluding hydrogens is 426 g/mol. The van der Waals surface area contributed by atoms with E-state index in [9.17, 15) is 14.7 Å². The number of nitrogens with one attached hydrogen (secondary N) is 1. The summed E-state index contributed by atoms with van der Waals surface area (Å²) in [4.78, 5) is 25.9. The van der Waals surface area contributed by atoms with Gasteiger partial charge in [-0.1, -0.05) is 78.9 Å². The molecule has 0 saturated carbocycles. The minimum atomic E-state index is -1.00. The van der Waals surface area contributed by atoms with Crippen LogP contribution in [0.1, 0.15) is 21.5 Å². The molecule has 0 spiro atoms. The molecule has 0 bridgehead atoms. The monoisotopic (exact) mass is 451 g/mol. The predicted octanol–water partition coefficient (Wildman–Crippen LogP) is 5.87. The molecule has 0 radical (unpaired) electrons. The van der Waals surface area contributed by atoms with Crippen molar-refractivity contribution in [1.29, 1.82) is 0 Å². The Morgan fingerprint density at radius 1 is 0.735 bits per heavy atom. The summed E-state index contributed by atoms with van der Waals surface area (Å²) in [5, 5.41) is 12.5. The highest BCUT2D eigenvalue weighted by atomic mass is 16.4. The number of hydrogen-bond acceptors (Lipinski definition) is 3. The molecule has 4 aromatic carbocycles. The van der Waals surface area contributed by atoms with Gasteiger partial charge in [0.1, 0.15) is 0 Å². The first-order valence-corrected chi connectivity index (χ1v) is 10.9. The molecule has 0 aromatic heterocycles. The van der Waals surface area contributed by atoms with Gasteiger partial charge in [-0.15, -0.1) is 0 Å². The van der Waals surface area contributed by atoms with Gasteiger partial charge in [-0.3, -0.25) is 9.69 Å². The summed E-state index contributed by atoms with van der Waals surface area (Å²) in [6, 6.07) is 31.7. The van der Waals surface area contributed by atoms with Gasteiger partial charge in [0.25, 0.3) is 5.91 Å². The van der Waals surface area contributed by atoms with Crippen molar-refractivity contribution < 1.29 is 14.7 Å². The van der Waals surface area contributed by atoms with Gasteiger partial charge in [0.15, 0.2) is 0 Å². The van der Waals surface area contributed by atoms with Crippen molar-refractivity contribution >= 4 is 23.4 Å². The minimum Gasteiger partial charge on any atom is -0.465 e. The second-order valence-corrected chi connectivity index (χ2v) is 7.94. The van der Waals surface area contributed by atoms with Crippen LogP contribution in [0.4, 0.5) is 16.2 Å². The molecule has 4 aromatic rings. The number of rotatable bonds is 7. The van der Waals surface area contributed by atoms with Crippen LogP contribution in [0.15, 0.2) is 103 Å². The third-order valence-corrected chi connectivity index (χ3v) is 5.48. The Morgan fingerprint density at radius 3 is 1.94 bits per heavy atom. The van der Waals surface area contributed by atoms with E-state index in [4.69, 9.17) is 5.73 Å². The Morgan fingerprint density at radius 2 is 1.32 bits per heavy atom. The topological polar surface area (TPSA) is 95.7 Å². The molecule has 170 valence electrons. The van der Waals surface area contributed by atoms with Gasteiger partial charge in [0.2, 0.25) is 0 Å². The Balaban J connectivity index is 1.44. The average Bonchev–Trinajstić information content (AvgIpc) is 2.86. The summed E-state index contributed by atoms with van der Waals surface area (Å²) in [6.45, 7) is 0.508. The number of carboxylic acid groups (broad SMARTS) is 1. The lowest BCUT2D eigenvalue weighted by Gasteiger charge is -2.19. The summed E-state index contributed by atoms with van der Waals surface area (Å²) in [7, 11) is 0. The Kier molecular flexibility index (Phi) is 6.89. The van der Waals surface area contributed by atoms with Gasteiger partial charge in [-0.2, -0.15) is 0 Å². The van der Waals surface area contributed by atoms with Crippen LogP contribution in [0.3, 0.4) is 0 Å². The third-order valence-electron chi connectivity index (χ3n) is 5.48. The molecule has 4 N–H and O–H groups in total. The lowest BCUT2D eigenvalue weighted by atomic mass is 10.0. The maximum absolute atomic E-state index is 12.8. The van der Waals surface area contributed by atoms with Crippen molar-refractivity contribution in [1.82, 2.24) is 4.90 Å². The number of carbonyl (C=O) groups is 2. The maximum atomic E-state index is 12.8. The number of amides is 2. The summed E-state index contributed by atoms with van der Waals surface area (Å²) < 4.78 is 0. The van der Waals surface area contributed by atoms with E-state index in [2.05, 4.69) is 5.32 Å². The summed E-state index contributed by atoms with van der Waals surface area (Å²) >= 11 is 0. The highest BCUT2D eigenvalue weighted by Crippen LogP contribution is 2.27. The zero-order chi connectivity index (χ0) is 23.9. The first kappa shape index (κ1) is 22.6. The zero-order valence-electron chi connectivity index (χ0n) is 18.5. The second-order valence-electron chi connectivity index (χ2n) is 7.94. The predicted molar refractivity (Wildman–Crippen MR) is 134 cm³/mol. The first-order chi connectivity index (χ1) is 16.5. The standard InChI is InChI=1S/C28H25N3O3/c29-25-16-15-24(22-9-5-2-6-10-22)17-26(25)30-27(32)23-13-11-21(12-14-23)19-31(28(33)34)18-20-7-3-1-4-8-20/h1-17H,18-19,29H2,(H,30,32)(H,33,34). The van der Waals surface area contributed by atoms with Crippen LogP contribution in [0, 0.1) is 0 Å². The van der Waals surface area contributed by atoms with Gasteiger partial charge in [-0.05, 0) is 46.5 Å². The first-order valence-electron chi connectivity index (χ1n) is 10.9. The molecule has 4 rings (SSSR count). The molecule has 2 amide bonds. The van der Waals surface area contributed by atoms with Crippen molar-refractivity contribution in [2.45, 2.75) is 13.1 Å². The lowest BCUT2D eigenvalue weighted by Crippen LogP contribution is -2.28. The molecule has 0 saturated heterocycles. The van der Waals surface area contributed by atoms with Gasteiger partial charge >= 0.3 is 6.09 Å². The quantitative estimate of drug-likeness (QED) is 0.306. The van der Waals surface area contributed by atoms with E-state index in [-0.39, 0.29) is 19.0 Å². The van der Waals surface area contributed by atoms with E-state index in [0.29, 0.717) is 16.9 Å². The average molecular weight is 452 g/mol. The van der Waals surface area contributed by atoms with E-state index in [0.717, 1.165) is 22.3 Å². The van der Waals surface area contributed by atoms with Gasteiger partial charge in [0, 0.05) is 18.7 Å². The Bertz CT molecular complexity index is 1270. The van der Waals surface area contributed by atoms with Crippen LogP contribution in [-0.4, -0.2) is 22.0 Å². The molecule has 0 aliphatic carbocycles. The molecule has 0 atom stereocenters. The van der Waals surface area contributed by atoms with Crippen LogP contribution in [0.5, 0.6) is 0 Å². The van der Waals surface area contributed by atoms with E-state index >= 15 is 0 Å². The molecular formula is C28H25N3O3. The SMILES string of the molecule is Nc1ccc(-c2ccccc2)cc1NC(=O)c1ccc(CN(Cc2ccccc2)C(=O)O)cc1. The van der Waals surface area contributed by atoms with Crippen molar-refractivity contribution in [3.05, 3.63) is 120 Å². The highest BCUT2D eigenvalue weighted by molar-refractivity contribution is 6.06. The molecule has 0 heterocycles. The molecule has 6 heteroatoms. The van der Waals surface area contributed by atoms with Crippen LogP contribution < -0.4 is 11.1 Å². The van der Waals surface area contributed by atoms with Gasteiger partial charge in [-0.25, -0.2) is 4.79 Å². The van der Waals surface area contributed by atoms with Crippen molar-refractivity contribution in [2.24, 2.45) is 0 Å². The molecule has 0 aliphatic heterocycles. The lowest BCUT2D eigenvalue weighted by molar-refractivity contribution is 0.102. The Hall–Kier alpha value is -4.58. The third kappa shape index (κ3) is 5.61. The number of nitrogens with two attached hydrogens (primary N) is 1. The molecule has 0 aliphatic rings. The van der Waals surface area contributed by atoms with E-state index in [1.165, 1.54) is 4.90 Å². The van der Waals surface area contributed by atoms with Crippen LogP contribution >= 0.6 is 0 Å². The van der Waals surface area contributed by atoms with Crippen molar-refractivity contribution in [3.63, 3.8) is 0 Å². The number of nitrogen functional groups attached to an aromatic ring is 1. The molecule has 0 fully saturated rings. The van der Waals surface area contributed by atoms with Gasteiger partial charge in [0.05, 0.1) is 11.4 Å². The largest absolute Gasteiger partial charge is 0.465 e. The van der Waals surface area contributed by atoms with Crippen LogP contribution in [-0.2, 0) is 13.1 Å². The summed E-state index contributed by atoms with van der Waals surface area (Å²) in [5.74, 6) is -0.289. The number of benzene rings is 4. The Labute approximate surface area is 198 Å². The summed E-state index contributed by atoms with van der Waals surface area (Å²) in [5.41, 5.74) is 11.2. The van der Waals surface area contributed by atoms with Crippen LogP contribution in [0.2, 0.25) is 0 Å². The fourth-order valence-corrected chi connectivity index (χ4v) is 3.65. The summed E-state index contributed by atoms with van der Waals surface area (Å²) in [6.07, 6.45) is -1.00. The smallest absolute Gasteiger partial charge is 0.407 e. The van der Waals surface area contributed by atoms with E-state index in [1.54, 1.807) is 30.3 Å². The van der Waals surface area contributed by atoms with Crippen molar-refractivity contribution in [2.75, 3.05) is 11.1 Å². The molecule has 34 heavy (non-hydrogen) atoms. The van der Waals surface area contributed by atoms with Crippen LogP contribution in [0.25, 0.3) is 11.1 Å². The minimum absolute atomic E-state index is 0.220.